The molecular weight excluding hydrogens is 811 g/mol. The lowest BCUT2D eigenvalue weighted by atomic mass is 9.27. The molecule has 1 aliphatic heterocycles. The Hall–Kier alpha value is -3.53. The maximum Gasteiger partial charge on any atom is 0.309 e. The first-order valence-corrected chi connectivity index (χ1v) is 25.5. The van der Waals surface area contributed by atoms with Gasteiger partial charge in [-0.25, -0.2) is 4.98 Å². The van der Waals surface area contributed by atoms with Crippen LogP contribution in [0.3, 0.4) is 0 Å². The standard InChI is InChI=1S/C55H81N5O5/c1-34(2)36-15-24-55(48(64)60-29-13-14-41(60)45-57-40(35-19-27-56-28-20-35)33-59(45)31-30-58(11)12)26-25-51(7)37(44(36)55)16-22-54(10)52(8)21-18-43(50(5,6)42(52)17-23-53(51,54)9)65-47(63)39-32-38(46(61)62)49(39,3)4/h19-20,27-28,33,36-39,41-44H,1,13-18,21-26,29-32H2,2-12H3,(H,61,62)/t36-,37+,38-,39+,41-,42-,43-,44+,51+,52-,53-,54+,55-/m0/s1. The van der Waals surface area contributed by atoms with Gasteiger partial charge >= 0.3 is 11.9 Å². The van der Waals surface area contributed by atoms with Crippen molar-refractivity contribution in [2.45, 2.75) is 164 Å². The van der Waals surface area contributed by atoms with Crippen LogP contribution >= 0.6 is 0 Å². The van der Waals surface area contributed by atoms with Crippen molar-refractivity contribution in [3.63, 3.8) is 0 Å². The Morgan fingerprint density at radius 3 is 2.20 bits per heavy atom. The second kappa shape index (κ2) is 15.8. The number of pyridine rings is 1. The number of likely N-dealkylation sites (N-methyl/N-ethyl adjacent to an activating group) is 1. The summed E-state index contributed by atoms with van der Waals surface area (Å²) in [7, 11) is 4.23. The van der Waals surface area contributed by atoms with Crippen LogP contribution in [0.2, 0.25) is 0 Å². The number of imidazole rings is 1. The summed E-state index contributed by atoms with van der Waals surface area (Å²) >= 11 is 0. The van der Waals surface area contributed by atoms with Crippen LogP contribution in [0.25, 0.3) is 11.3 Å². The molecule has 0 bridgehead atoms. The minimum absolute atomic E-state index is 0.0463. The third-order valence-corrected chi connectivity index (χ3v) is 21.9. The molecule has 3 heterocycles. The van der Waals surface area contributed by atoms with Gasteiger partial charge in [0.15, 0.2) is 0 Å². The molecular formula is C55H81N5O5. The summed E-state index contributed by atoms with van der Waals surface area (Å²) in [6.45, 7) is 28.5. The van der Waals surface area contributed by atoms with Gasteiger partial charge in [0.1, 0.15) is 11.9 Å². The number of nitrogens with zero attached hydrogens (tertiary/aromatic N) is 5. The van der Waals surface area contributed by atoms with E-state index in [-0.39, 0.29) is 57.0 Å². The highest BCUT2D eigenvalue weighted by atomic mass is 16.5. The molecule has 1 N–H and O–H groups in total. The largest absolute Gasteiger partial charge is 0.481 e. The van der Waals surface area contributed by atoms with Crippen molar-refractivity contribution in [1.29, 1.82) is 0 Å². The Morgan fingerprint density at radius 1 is 0.846 bits per heavy atom. The van der Waals surface area contributed by atoms with Gasteiger partial charge in [-0.2, -0.15) is 0 Å². The van der Waals surface area contributed by atoms with E-state index in [2.05, 4.69) is 94.7 Å². The van der Waals surface area contributed by atoms with E-state index in [4.69, 9.17) is 9.72 Å². The van der Waals surface area contributed by atoms with E-state index in [1.54, 1.807) is 0 Å². The average molecular weight is 892 g/mol. The van der Waals surface area contributed by atoms with E-state index in [1.807, 2.05) is 38.4 Å². The summed E-state index contributed by atoms with van der Waals surface area (Å²) in [5, 5.41) is 9.76. The number of carboxylic acid groups (broad SMARTS) is 1. The van der Waals surface area contributed by atoms with Gasteiger partial charge < -0.3 is 24.2 Å². The molecule has 6 saturated carbocycles. The van der Waals surface area contributed by atoms with Gasteiger partial charge in [0, 0.05) is 49.2 Å². The predicted octanol–water partition coefficient (Wildman–Crippen LogP) is 10.9. The van der Waals surface area contributed by atoms with Crippen LogP contribution in [0.5, 0.6) is 0 Å². The van der Waals surface area contributed by atoms with Gasteiger partial charge in [-0.3, -0.25) is 19.4 Å². The lowest BCUT2D eigenvalue weighted by molar-refractivity contribution is -0.292. The Kier molecular flexibility index (Phi) is 11.3. The van der Waals surface area contributed by atoms with E-state index in [9.17, 15) is 14.7 Å². The molecule has 2 aromatic rings. The van der Waals surface area contributed by atoms with Gasteiger partial charge in [0.25, 0.3) is 0 Å². The lowest BCUT2D eigenvalue weighted by Crippen LogP contribution is -2.71. The molecule has 10 heteroatoms. The molecule has 13 atom stereocenters. The van der Waals surface area contributed by atoms with Gasteiger partial charge in [-0.1, -0.05) is 67.5 Å². The maximum absolute atomic E-state index is 16.0. The van der Waals surface area contributed by atoms with Crippen molar-refractivity contribution >= 4 is 17.8 Å². The molecule has 1 amide bonds. The van der Waals surface area contributed by atoms with E-state index in [0.717, 1.165) is 114 Å². The number of hydrogen-bond acceptors (Lipinski definition) is 7. The van der Waals surface area contributed by atoms with Crippen LogP contribution in [-0.4, -0.2) is 80.6 Å². The molecule has 356 valence electrons. The van der Waals surface area contributed by atoms with Crippen molar-refractivity contribution in [3.8, 4) is 11.3 Å². The summed E-state index contributed by atoms with van der Waals surface area (Å²) in [5.41, 5.74) is 2.24. The van der Waals surface area contributed by atoms with E-state index < -0.39 is 22.7 Å². The normalized spacial score (nSPS) is 41.4. The zero-order valence-corrected chi connectivity index (χ0v) is 41.8. The maximum atomic E-state index is 16.0. The average Bonchev–Trinajstić information content (AvgIpc) is 4.00. The zero-order valence-electron chi connectivity index (χ0n) is 41.8. The lowest BCUT2D eigenvalue weighted by Gasteiger charge is -2.77. The number of aromatic nitrogens is 3. The van der Waals surface area contributed by atoms with Crippen LogP contribution in [-0.2, 0) is 25.7 Å². The molecule has 65 heavy (non-hydrogen) atoms. The molecule has 0 spiro atoms. The summed E-state index contributed by atoms with van der Waals surface area (Å²) in [4.78, 5) is 55.8. The zero-order chi connectivity index (χ0) is 46.9. The third kappa shape index (κ3) is 6.56. The molecule has 9 rings (SSSR count). The Morgan fingerprint density at radius 2 is 1.54 bits per heavy atom. The summed E-state index contributed by atoms with van der Waals surface area (Å²) < 4.78 is 8.85. The van der Waals surface area contributed by atoms with E-state index in [1.165, 1.54) is 5.57 Å². The summed E-state index contributed by atoms with van der Waals surface area (Å²) in [6.07, 6.45) is 18.3. The number of fused-ring (bicyclic) bond motifs is 7. The van der Waals surface area contributed by atoms with Crippen molar-refractivity contribution in [2.24, 2.45) is 73.4 Å². The predicted molar refractivity (Wildman–Crippen MR) is 254 cm³/mol. The molecule has 10 nitrogen and oxygen atoms in total. The van der Waals surface area contributed by atoms with E-state index >= 15 is 4.79 Å². The fourth-order valence-electron chi connectivity index (χ4n) is 17.5. The first-order valence-electron chi connectivity index (χ1n) is 25.5. The number of allylic oxidation sites excluding steroid dienone is 1. The number of esters is 1. The van der Waals surface area contributed by atoms with Crippen molar-refractivity contribution in [1.82, 2.24) is 24.3 Å². The molecule has 6 aliphatic carbocycles. The minimum atomic E-state index is -0.820. The number of amides is 1. The van der Waals surface area contributed by atoms with Crippen molar-refractivity contribution in [3.05, 3.63) is 48.7 Å². The number of hydrogen-bond donors (Lipinski definition) is 1. The van der Waals surface area contributed by atoms with E-state index in [0.29, 0.717) is 30.1 Å². The number of carbonyl (C=O) groups excluding carboxylic acids is 2. The Labute approximate surface area is 390 Å². The van der Waals surface area contributed by atoms with Crippen molar-refractivity contribution in [2.75, 3.05) is 27.2 Å². The van der Waals surface area contributed by atoms with Crippen molar-refractivity contribution < 1.29 is 24.2 Å². The third-order valence-electron chi connectivity index (χ3n) is 21.9. The Balaban J connectivity index is 1.000. The topological polar surface area (TPSA) is 118 Å². The van der Waals surface area contributed by atoms with Gasteiger partial charge in [0.2, 0.25) is 5.91 Å². The fraction of sp³-hybridized carbons (Fsp3) is 0.764. The Bertz CT molecular complexity index is 2220. The molecule has 1 saturated heterocycles. The highest BCUT2D eigenvalue weighted by molar-refractivity contribution is 5.85. The highest BCUT2D eigenvalue weighted by Gasteiger charge is 2.76. The number of carboxylic acids is 1. The highest BCUT2D eigenvalue weighted by Crippen LogP contribution is 2.82. The fourth-order valence-corrected chi connectivity index (χ4v) is 17.5. The summed E-state index contributed by atoms with van der Waals surface area (Å²) in [6, 6.07) is 4.01. The number of carbonyl (C=O) groups is 3. The molecule has 0 aromatic carbocycles. The van der Waals surface area contributed by atoms with Crippen LogP contribution in [0.1, 0.15) is 158 Å². The minimum Gasteiger partial charge on any atom is -0.481 e. The van der Waals surface area contributed by atoms with Gasteiger partial charge in [-0.15, -0.1) is 0 Å². The van der Waals surface area contributed by atoms with Crippen LogP contribution in [0, 0.1) is 73.4 Å². The second-order valence-electron chi connectivity index (χ2n) is 25.1. The molecule has 0 unspecified atom stereocenters. The smallest absolute Gasteiger partial charge is 0.309 e. The van der Waals surface area contributed by atoms with Gasteiger partial charge in [-0.05, 0) is 167 Å². The van der Waals surface area contributed by atoms with Gasteiger partial charge in [0.05, 0.1) is 29.0 Å². The first-order chi connectivity index (χ1) is 30.5. The second-order valence-corrected chi connectivity index (χ2v) is 25.1. The number of likely N-dealkylation sites (tertiary alicyclic amines) is 1. The monoisotopic (exact) mass is 892 g/mol. The number of aliphatic carboxylic acids is 1. The number of rotatable bonds is 10. The van der Waals surface area contributed by atoms with Crippen LogP contribution in [0.4, 0.5) is 0 Å². The first kappa shape index (κ1) is 46.6. The molecule has 7 aliphatic rings. The molecule has 7 fully saturated rings. The van der Waals surface area contributed by atoms with Crippen LogP contribution < -0.4 is 0 Å². The quantitative estimate of drug-likeness (QED) is 0.185. The SMILES string of the molecule is C=C(C)[C@@H]1CC[C@]2(C(=O)N3CCC[C@H]3c3nc(-c4ccncc4)cn3CCN(C)C)CC[C@]3(C)[C@H](CC[C@@]4(C)[C@@]3(C)CC[C@H]3C(C)(C)[C@@H](OC(=O)[C@H]5C[C@@H](C(=O)O)C5(C)C)CC[C@@]34C)[C@@H]12. The molecule has 0 radical (unpaired) electrons. The summed E-state index contributed by atoms with van der Waals surface area (Å²) in [5.74, 6) is 0.903. The van der Waals surface area contributed by atoms with Crippen LogP contribution in [0.15, 0.2) is 42.9 Å². The number of ether oxygens (including phenoxy) is 1. The molecule has 2 aromatic heterocycles.